The molecular weight excluding hydrogens is 330 g/mol. The van der Waals surface area contributed by atoms with Crippen LogP contribution in [0.5, 0.6) is 0 Å². The number of fused-ring (bicyclic) bond motifs is 3. The van der Waals surface area contributed by atoms with E-state index in [1.165, 1.54) is 12.8 Å². The molecule has 0 aromatic carbocycles. The van der Waals surface area contributed by atoms with E-state index in [2.05, 4.69) is 17.1 Å². The van der Waals surface area contributed by atoms with Gasteiger partial charge in [0.05, 0.1) is 12.5 Å². The summed E-state index contributed by atoms with van der Waals surface area (Å²) >= 11 is 0. The molecule has 4 heterocycles. The zero-order valence-electron chi connectivity index (χ0n) is 15.6. The van der Waals surface area contributed by atoms with Crippen LogP contribution in [0.4, 0.5) is 0 Å². The van der Waals surface area contributed by atoms with Crippen molar-refractivity contribution in [3.05, 3.63) is 23.7 Å². The van der Waals surface area contributed by atoms with Gasteiger partial charge in [-0.05, 0) is 56.8 Å². The fourth-order valence-electron chi connectivity index (χ4n) is 4.39. The summed E-state index contributed by atoms with van der Waals surface area (Å²) in [6, 6.07) is 3.79. The van der Waals surface area contributed by atoms with Gasteiger partial charge in [0.1, 0.15) is 5.76 Å². The number of piperidine rings is 1. The lowest BCUT2D eigenvalue weighted by Crippen LogP contribution is -2.41. The van der Waals surface area contributed by atoms with Crippen LogP contribution in [0.1, 0.15) is 55.3 Å². The Kier molecular flexibility index (Phi) is 5.02. The van der Waals surface area contributed by atoms with Crippen molar-refractivity contribution < 1.29 is 14.0 Å². The number of amides is 2. The zero-order chi connectivity index (χ0) is 18.1. The highest BCUT2D eigenvalue weighted by Gasteiger charge is 2.35. The Bertz CT molecular complexity index is 663. The normalized spacial score (nSPS) is 27.9. The SMILES string of the molecule is CC1CCN(Cc2ccc(C(=O)N3C[C@@H]4CCC[C@H](C3)C(=O)N4)o2)CC1. The summed E-state index contributed by atoms with van der Waals surface area (Å²) in [5, 5.41) is 3.07. The second kappa shape index (κ2) is 7.43. The fraction of sp³-hybridized carbons (Fsp3) is 0.700. The van der Waals surface area contributed by atoms with Gasteiger partial charge >= 0.3 is 0 Å². The average molecular weight is 359 g/mol. The topological polar surface area (TPSA) is 65.8 Å². The Morgan fingerprint density at radius 3 is 2.81 bits per heavy atom. The van der Waals surface area contributed by atoms with Gasteiger partial charge in [0.15, 0.2) is 5.76 Å². The van der Waals surface area contributed by atoms with Crippen molar-refractivity contribution in [1.82, 2.24) is 15.1 Å². The van der Waals surface area contributed by atoms with E-state index >= 15 is 0 Å². The maximum Gasteiger partial charge on any atom is 0.289 e. The van der Waals surface area contributed by atoms with Crippen molar-refractivity contribution in [2.24, 2.45) is 11.8 Å². The van der Waals surface area contributed by atoms with Crippen LogP contribution in [0.3, 0.4) is 0 Å². The van der Waals surface area contributed by atoms with Crippen LogP contribution in [-0.2, 0) is 11.3 Å². The van der Waals surface area contributed by atoms with Gasteiger partial charge in [0.2, 0.25) is 5.91 Å². The minimum atomic E-state index is -0.0868. The van der Waals surface area contributed by atoms with E-state index in [4.69, 9.17) is 4.42 Å². The zero-order valence-corrected chi connectivity index (χ0v) is 15.6. The van der Waals surface area contributed by atoms with Gasteiger partial charge in [-0.1, -0.05) is 13.3 Å². The predicted octanol–water partition coefficient (Wildman–Crippen LogP) is 2.25. The first-order chi connectivity index (χ1) is 12.6. The molecular formula is C20H29N3O3. The van der Waals surface area contributed by atoms with E-state index in [9.17, 15) is 9.59 Å². The quantitative estimate of drug-likeness (QED) is 0.899. The number of hydrogen-bond donors (Lipinski definition) is 1. The predicted molar refractivity (Wildman–Crippen MR) is 97.6 cm³/mol. The van der Waals surface area contributed by atoms with E-state index in [1.54, 1.807) is 11.0 Å². The monoisotopic (exact) mass is 359 g/mol. The lowest BCUT2D eigenvalue weighted by Gasteiger charge is -2.29. The molecule has 0 radical (unpaired) electrons. The number of nitrogens with one attached hydrogen (secondary N) is 1. The lowest BCUT2D eigenvalue weighted by molar-refractivity contribution is -0.124. The number of carbonyl (C=O) groups is 2. The van der Waals surface area contributed by atoms with E-state index in [0.717, 1.165) is 50.6 Å². The molecule has 6 heteroatoms. The summed E-state index contributed by atoms with van der Waals surface area (Å²) in [4.78, 5) is 29.3. The molecule has 1 aromatic heterocycles. The molecule has 0 aliphatic carbocycles. The third-order valence-electron chi connectivity index (χ3n) is 6.12. The van der Waals surface area contributed by atoms with Gasteiger partial charge in [-0.2, -0.15) is 0 Å². The molecule has 1 N–H and O–H groups in total. The molecule has 3 fully saturated rings. The number of hydrogen-bond acceptors (Lipinski definition) is 4. The summed E-state index contributed by atoms with van der Waals surface area (Å²) < 4.78 is 5.88. The maximum absolute atomic E-state index is 12.9. The first kappa shape index (κ1) is 17.6. The molecule has 2 amide bonds. The third-order valence-corrected chi connectivity index (χ3v) is 6.12. The van der Waals surface area contributed by atoms with Crippen molar-refractivity contribution >= 4 is 11.8 Å². The Hall–Kier alpha value is -1.82. The molecule has 142 valence electrons. The summed E-state index contributed by atoms with van der Waals surface area (Å²) in [5.74, 6) is 1.99. The lowest BCUT2D eigenvalue weighted by atomic mass is 9.99. The molecule has 0 saturated carbocycles. The number of carbonyl (C=O) groups excluding carboxylic acids is 2. The molecule has 3 saturated heterocycles. The summed E-state index contributed by atoms with van der Waals surface area (Å²) in [6.07, 6.45) is 5.31. The molecule has 0 unspecified atom stereocenters. The highest BCUT2D eigenvalue weighted by atomic mass is 16.4. The number of rotatable bonds is 3. The molecule has 4 rings (SSSR count). The van der Waals surface area contributed by atoms with Crippen LogP contribution < -0.4 is 5.32 Å². The Labute approximate surface area is 154 Å². The standard InChI is InChI=1S/C20H29N3O3/c1-14-7-9-22(10-8-14)13-17-5-6-18(26-17)20(25)23-11-15-3-2-4-16(12-23)21-19(15)24/h5-6,14-16H,2-4,7-13H2,1H3,(H,21,24)/t15-,16+/m1/s1. The Morgan fingerprint density at radius 2 is 2.00 bits per heavy atom. The highest BCUT2D eigenvalue weighted by Crippen LogP contribution is 2.24. The smallest absolute Gasteiger partial charge is 0.289 e. The van der Waals surface area contributed by atoms with Crippen LogP contribution in [0, 0.1) is 11.8 Å². The van der Waals surface area contributed by atoms with Gasteiger partial charge < -0.3 is 14.6 Å². The van der Waals surface area contributed by atoms with Crippen LogP contribution >= 0.6 is 0 Å². The third kappa shape index (κ3) is 3.80. The summed E-state index contributed by atoms with van der Waals surface area (Å²) in [5.41, 5.74) is 0. The second-order valence-corrected chi connectivity index (χ2v) is 8.27. The van der Waals surface area contributed by atoms with Crippen molar-refractivity contribution in [2.45, 2.75) is 51.6 Å². The number of furan rings is 1. The first-order valence-corrected chi connectivity index (χ1v) is 9.99. The van der Waals surface area contributed by atoms with Crippen LogP contribution in [0.15, 0.2) is 16.5 Å². The van der Waals surface area contributed by atoms with Crippen molar-refractivity contribution in [3.8, 4) is 0 Å². The number of likely N-dealkylation sites (tertiary alicyclic amines) is 2. The maximum atomic E-state index is 12.9. The minimum absolute atomic E-state index is 0.0729. The molecule has 3 aliphatic heterocycles. The van der Waals surface area contributed by atoms with Crippen LogP contribution in [0.25, 0.3) is 0 Å². The molecule has 6 nitrogen and oxygen atoms in total. The van der Waals surface area contributed by atoms with E-state index < -0.39 is 0 Å². The average Bonchev–Trinajstić information content (AvgIpc) is 2.92. The van der Waals surface area contributed by atoms with Crippen molar-refractivity contribution in [2.75, 3.05) is 26.2 Å². The van der Waals surface area contributed by atoms with Crippen molar-refractivity contribution in [1.29, 1.82) is 0 Å². The van der Waals surface area contributed by atoms with Gasteiger partial charge in [-0.3, -0.25) is 14.5 Å². The highest BCUT2D eigenvalue weighted by molar-refractivity contribution is 5.92. The minimum Gasteiger partial charge on any atom is -0.455 e. The van der Waals surface area contributed by atoms with Gasteiger partial charge in [-0.15, -0.1) is 0 Å². The molecule has 1 aromatic rings. The van der Waals surface area contributed by atoms with E-state index in [-0.39, 0.29) is 23.8 Å². The molecule has 2 atom stereocenters. The van der Waals surface area contributed by atoms with Gasteiger partial charge in [-0.25, -0.2) is 0 Å². The Balaban J connectivity index is 1.40. The summed E-state index contributed by atoms with van der Waals surface area (Å²) in [6.45, 7) is 6.34. The molecule has 26 heavy (non-hydrogen) atoms. The van der Waals surface area contributed by atoms with Crippen LogP contribution in [-0.4, -0.2) is 53.8 Å². The first-order valence-electron chi connectivity index (χ1n) is 9.99. The molecule has 2 bridgehead atoms. The van der Waals surface area contributed by atoms with E-state index in [0.29, 0.717) is 18.8 Å². The largest absolute Gasteiger partial charge is 0.455 e. The summed E-state index contributed by atoms with van der Waals surface area (Å²) in [7, 11) is 0. The van der Waals surface area contributed by atoms with Crippen LogP contribution in [0.2, 0.25) is 0 Å². The molecule has 0 spiro atoms. The second-order valence-electron chi connectivity index (χ2n) is 8.27. The van der Waals surface area contributed by atoms with Gasteiger partial charge in [0, 0.05) is 19.1 Å². The fourth-order valence-corrected chi connectivity index (χ4v) is 4.39. The molecule has 3 aliphatic rings. The van der Waals surface area contributed by atoms with E-state index in [1.807, 2.05) is 6.07 Å². The van der Waals surface area contributed by atoms with Gasteiger partial charge in [0.25, 0.3) is 5.91 Å². The number of nitrogens with zero attached hydrogens (tertiary/aromatic N) is 2. The van der Waals surface area contributed by atoms with Crippen molar-refractivity contribution in [3.63, 3.8) is 0 Å². The Morgan fingerprint density at radius 1 is 1.19 bits per heavy atom.